The minimum atomic E-state index is -0.0698. The molecule has 0 aromatic heterocycles. The third kappa shape index (κ3) is 3.35. The Morgan fingerprint density at radius 3 is 2.18 bits per heavy atom. The molecule has 1 rings (SSSR count). The Morgan fingerprint density at radius 1 is 1.18 bits per heavy atom. The Morgan fingerprint density at radius 2 is 1.71 bits per heavy atom. The molecule has 17 heavy (non-hydrogen) atoms. The highest BCUT2D eigenvalue weighted by molar-refractivity contribution is 5.46. The van der Waals surface area contributed by atoms with E-state index in [0.29, 0.717) is 5.75 Å². The second-order valence-corrected chi connectivity index (χ2v) is 4.01. The highest BCUT2D eigenvalue weighted by Gasteiger charge is 2.12. The first-order valence-corrected chi connectivity index (χ1v) is 5.76. The number of methoxy groups -OCH3 is 2. The van der Waals surface area contributed by atoms with Gasteiger partial charge < -0.3 is 20.3 Å². The molecule has 96 valence electrons. The molecular weight excluding hydrogens is 218 g/mol. The minimum absolute atomic E-state index is 0.0698. The molecule has 4 heteroatoms. The van der Waals surface area contributed by atoms with Crippen LogP contribution < -0.4 is 15.2 Å². The van der Waals surface area contributed by atoms with Crippen LogP contribution in [0, 0.1) is 0 Å². The fourth-order valence-electron chi connectivity index (χ4n) is 1.73. The molecule has 0 radical (unpaired) electrons. The van der Waals surface area contributed by atoms with Gasteiger partial charge >= 0.3 is 0 Å². The molecule has 3 N–H and O–H groups in total. The van der Waals surface area contributed by atoms with Crippen molar-refractivity contribution in [2.75, 3.05) is 14.2 Å². The number of benzene rings is 1. The lowest BCUT2D eigenvalue weighted by Gasteiger charge is -2.16. The molecule has 4 nitrogen and oxygen atoms in total. The van der Waals surface area contributed by atoms with E-state index in [2.05, 4.69) is 6.92 Å². The first-order valence-electron chi connectivity index (χ1n) is 5.76. The molecule has 0 unspecified atom stereocenters. The van der Waals surface area contributed by atoms with Crippen molar-refractivity contribution >= 4 is 0 Å². The number of aliphatic hydroxyl groups is 1. The summed E-state index contributed by atoms with van der Waals surface area (Å²) in [6, 6.07) is 3.80. The fraction of sp³-hybridized carbons (Fsp3) is 0.538. The van der Waals surface area contributed by atoms with Crippen molar-refractivity contribution < 1.29 is 14.6 Å². The van der Waals surface area contributed by atoms with Gasteiger partial charge in [0.15, 0.2) is 0 Å². The van der Waals surface area contributed by atoms with Gasteiger partial charge in [0.05, 0.1) is 20.8 Å². The second kappa shape index (κ2) is 6.47. The average molecular weight is 239 g/mol. The summed E-state index contributed by atoms with van der Waals surface area (Å²) in [5, 5.41) is 9.23. The molecule has 0 aliphatic carbocycles. The fourth-order valence-corrected chi connectivity index (χ4v) is 1.73. The van der Waals surface area contributed by atoms with Gasteiger partial charge in [-0.1, -0.05) is 6.92 Å². The molecule has 0 saturated carbocycles. The third-order valence-electron chi connectivity index (χ3n) is 2.86. The summed E-state index contributed by atoms with van der Waals surface area (Å²) >= 11 is 0. The van der Waals surface area contributed by atoms with E-state index in [1.54, 1.807) is 20.3 Å². The van der Waals surface area contributed by atoms with E-state index < -0.39 is 0 Å². The SMILES string of the molecule is CC[C@@H](N)Cc1cc(OC)c(CO)cc1OC. The predicted octanol–water partition coefficient (Wildman–Crippen LogP) is 1.48. The van der Waals surface area contributed by atoms with Gasteiger partial charge in [0.2, 0.25) is 0 Å². The lowest BCUT2D eigenvalue weighted by molar-refractivity contribution is 0.272. The first kappa shape index (κ1) is 13.8. The van der Waals surface area contributed by atoms with Crippen molar-refractivity contribution in [2.24, 2.45) is 5.73 Å². The summed E-state index contributed by atoms with van der Waals surface area (Å²) in [5.41, 5.74) is 7.68. The maximum absolute atomic E-state index is 9.23. The Balaban J connectivity index is 3.09. The van der Waals surface area contributed by atoms with Crippen LogP contribution in [-0.4, -0.2) is 25.4 Å². The van der Waals surface area contributed by atoms with Gasteiger partial charge in [-0.2, -0.15) is 0 Å². The van der Waals surface area contributed by atoms with Crippen molar-refractivity contribution in [1.29, 1.82) is 0 Å². The molecule has 1 atom stereocenters. The number of hydrogen-bond acceptors (Lipinski definition) is 4. The van der Waals surface area contributed by atoms with E-state index in [-0.39, 0.29) is 12.6 Å². The Hall–Kier alpha value is -1.26. The summed E-state index contributed by atoms with van der Waals surface area (Å²) in [6.45, 7) is 1.98. The van der Waals surface area contributed by atoms with Crippen LogP contribution in [-0.2, 0) is 13.0 Å². The summed E-state index contributed by atoms with van der Waals surface area (Å²) in [5.74, 6) is 1.42. The lowest BCUT2D eigenvalue weighted by Crippen LogP contribution is -2.21. The van der Waals surface area contributed by atoms with E-state index in [9.17, 15) is 5.11 Å². The van der Waals surface area contributed by atoms with Crippen LogP contribution in [0.1, 0.15) is 24.5 Å². The third-order valence-corrected chi connectivity index (χ3v) is 2.86. The summed E-state index contributed by atoms with van der Waals surface area (Å²) in [4.78, 5) is 0. The van der Waals surface area contributed by atoms with Gasteiger partial charge in [-0.25, -0.2) is 0 Å². The molecule has 0 spiro atoms. The molecule has 0 aliphatic rings. The largest absolute Gasteiger partial charge is 0.496 e. The van der Waals surface area contributed by atoms with Crippen molar-refractivity contribution in [1.82, 2.24) is 0 Å². The highest BCUT2D eigenvalue weighted by atomic mass is 16.5. The van der Waals surface area contributed by atoms with E-state index in [1.165, 1.54) is 0 Å². The second-order valence-electron chi connectivity index (χ2n) is 4.01. The van der Waals surface area contributed by atoms with Crippen LogP contribution in [0.3, 0.4) is 0 Å². The summed E-state index contributed by atoms with van der Waals surface area (Å²) in [7, 11) is 3.20. The molecule has 0 aliphatic heterocycles. The van der Waals surface area contributed by atoms with Crippen LogP contribution in [0.4, 0.5) is 0 Å². The van der Waals surface area contributed by atoms with Crippen molar-refractivity contribution in [3.05, 3.63) is 23.3 Å². The monoisotopic (exact) mass is 239 g/mol. The van der Waals surface area contributed by atoms with Crippen LogP contribution in [0.25, 0.3) is 0 Å². The quantitative estimate of drug-likeness (QED) is 0.789. The number of hydrogen-bond donors (Lipinski definition) is 2. The number of ether oxygens (including phenoxy) is 2. The molecule has 1 aromatic rings. The van der Waals surface area contributed by atoms with E-state index >= 15 is 0 Å². The van der Waals surface area contributed by atoms with Crippen LogP contribution in [0.15, 0.2) is 12.1 Å². The molecule has 0 fully saturated rings. The zero-order valence-electron chi connectivity index (χ0n) is 10.7. The van der Waals surface area contributed by atoms with Crippen LogP contribution >= 0.6 is 0 Å². The normalized spacial score (nSPS) is 12.3. The van der Waals surface area contributed by atoms with Crippen molar-refractivity contribution in [2.45, 2.75) is 32.4 Å². The number of rotatable bonds is 6. The Bertz CT molecular complexity index is 366. The molecule has 0 saturated heterocycles. The predicted molar refractivity (Wildman–Crippen MR) is 67.4 cm³/mol. The van der Waals surface area contributed by atoms with E-state index in [1.807, 2.05) is 6.07 Å². The summed E-state index contributed by atoms with van der Waals surface area (Å²) < 4.78 is 10.5. The minimum Gasteiger partial charge on any atom is -0.496 e. The average Bonchev–Trinajstić information content (AvgIpc) is 2.37. The maximum Gasteiger partial charge on any atom is 0.124 e. The van der Waals surface area contributed by atoms with Crippen molar-refractivity contribution in [3.63, 3.8) is 0 Å². The smallest absolute Gasteiger partial charge is 0.124 e. The Labute approximate surface area is 102 Å². The zero-order chi connectivity index (χ0) is 12.8. The Kier molecular flexibility index (Phi) is 5.25. The van der Waals surface area contributed by atoms with Crippen LogP contribution in [0.5, 0.6) is 11.5 Å². The van der Waals surface area contributed by atoms with Gasteiger partial charge in [0.1, 0.15) is 11.5 Å². The maximum atomic E-state index is 9.23. The standard InChI is InChI=1S/C13H21NO3/c1-4-11(14)5-9-6-13(17-3)10(8-15)7-12(9)16-2/h6-7,11,15H,4-5,8,14H2,1-3H3/t11-/m1/s1. The van der Waals surface area contributed by atoms with Crippen molar-refractivity contribution in [3.8, 4) is 11.5 Å². The van der Waals surface area contributed by atoms with Crippen LogP contribution in [0.2, 0.25) is 0 Å². The molecule has 0 bridgehead atoms. The first-order chi connectivity index (χ1) is 8.15. The number of aliphatic hydroxyl groups excluding tert-OH is 1. The molecule has 0 amide bonds. The van der Waals surface area contributed by atoms with E-state index in [0.717, 1.165) is 29.7 Å². The van der Waals surface area contributed by atoms with Gasteiger partial charge in [0, 0.05) is 11.6 Å². The highest BCUT2D eigenvalue weighted by Crippen LogP contribution is 2.29. The molecular formula is C13H21NO3. The van der Waals surface area contributed by atoms with E-state index in [4.69, 9.17) is 15.2 Å². The van der Waals surface area contributed by atoms with Gasteiger partial charge in [0.25, 0.3) is 0 Å². The van der Waals surface area contributed by atoms with Gasteiger partial charge in [-0.05, 0) is 30.5 Å². The van der Waals surface area contributed by atoms with Gasteiger partial charge in [-0.15, -0.1) is 0 Å². The zero-order valence-corrected chi connectivity index (χ0v) is 10.7. The lowest BCUT2D eigenvalue weighted by atomic mass is 10.0. The molecule has 1 aromatic carbocycles. The summed E-state index contributed by atoms with van der Waals surface area (Å²) in [6.07, 6.45) is 1.65. The number of nitrogens with two attached hydrogens (primary N) is 1. The van der Waals surface area contributed by atoms with Gasteiger partial charge in [-0.3, -0.25) is 0 Å². The topological polar surface area (TPSA) is 64.7 Å². The molecule has 0 heterocycles.